The Morgan fingerprint density at radius 3 is 2.90 bits per heavy atom. The number of hydrogen-bond acceptors (Lipinski definition) is 2. The molecule has 0 heterocycles. The van der Waals surface area contributed by atoms with Crippen LogP contribution in [0.5, 0.6) is 0 Å². The molecule has 0 saturated carbocycles. The van der Waals surface area contributed by atoms with E-state index in [0.29, 0.717) is 25.7 Å². The maximum Gasteiger partial charge on any atom is 0.226 e. The normalized spacial score (nSPS) is 7.90. The molecule has 0 aromatic rings. The Morgan fingerprint density at radius 2 is 2.40 bits per heavy atom. The molecule has 0 aliphatic rings. The average molecular weight is 139 g/mol. The van der Waals surface area contributed by atoms with E-state index in [0.717, 1.165) is 0 Å². The van der Waals surface area contributed by atoms with Crippen molar-refractivity contribution in [3.8, 4) is 12.3 Å². The van der Waals surface area contributed by atoms with Gasteiger partial charge in [0, 0.05) is 12.8 Å². The molecule has 1 N–H and O–H groups in total. The van der Waals surface area contributed by atoms with Crippen molar-refractivity contribution in [1.29, 1.82) is 0 Å². The average Bonchev–Trinajstić information content (AvgIpc) is 1.89. The summed E-state index contributed by atoms with van der Waals surface area (Å²) in [6.45, 7) is 0. The van der Waals surface area contributed by atoms with Gasteiger partial charge in [-0.15, -0.1) is 12.3 Å². The highest BCUT2D eigenvalue weighted by Gasteiger charge is 1.96. The summed E-state index contributed by atoms with van der Waals surface area (Å²) in [6.07, 6.45) is 6.84. The highest BCUT2D eigenvalue weighted by atomic mass is 16.2. The summed E-state index contributed by atoms with van der Waals surface area (Å²) >= 11 is 0. The molecule has 54 valence electrons. The summed E-state index contributed by atoms with van der Waals surface area (Å²) in [5, 5.41) is 2.02. The zero-order chi connectivity index (χ0) is 7.82. The van der Waals surface area contributed by atoms with Crippen molar-refractivity contribution < 1.29 is 9.59 Å². The van der Waals surface area contributed by atoms with E-state index in [1.807, 2.05) is 5.32 Å². The second-order valence-corrected chi connectivity index (χ2v) is 1.74. The van der Waals surface area contributed by atoms with Crippen LogP contribution in [0.4, 0.5) is 0 Å². The largest absolute Gasteiger partial charge is 0.299 e. The summed E-state index contributed by atoms with van der Waals surface area (Å²) in [7, 11) is 0. The second-order valence-electron chi connectivity index (χ2n) is 1.74. The van der Waals surface area contributed by atoms with Gasteiger partial charge in [-0.05, 0) is 6.42 Å². The lowest BCUT2D eigenvalue weighted by Crippen LogP contribution is -2.20. The summed E-state index contributed by atoms with van der Waals surface area (Å²) in [6, 6.07) is 0. The first-order chi connectivity index (χ1) is 4.81. The van der Waals surface area contributed by atoms with E-state index in [1.165, 1.54) is 0 Å². The lowest BCUT2D eigenvalue weighted by Gasteiger charge is -1.93. The summed E-state index contributed by atoms with van der Waals surface area (Å²) < 4.78 is 0. The Kier molecular flexibility index (Phi) is 5.07. The van der Waals surface area contributed by atoms with Crippen molar-refractivity contribution >= 4 is 12.3 Å². The molecular formula is C7H9NO2. The van der Waals surface area contributed by atoms with Crippen molar-refractivity contribution in [3.05, 3.63) is 0 Å². The van der Waals surface area contributed by atoms with Gasteiger partial charge in [-0.2, -0.15) is 0 Å². The van der Waals surface area contributed by atoms with Crippen LogP contribution in [-0.4, -0.2) is 12.3 Å². The number of carbonyl (C=O) groups excluding carboxylic acids is 2. The predicted molar refractivity (Wildman–Crippen MR) is 36.9 cm³/mol. The molecule has 0 radical (unpaired) electrons. The van der Waals surface area contributed by atoms with Crippen molar-refractivity contribution in [2.24, 2.45) is 0 Å². The third-order valence-corrected chi connectivity index (χ3v) is 0.945. The number of rotatable bonds is 4. The lowest BCUT2D eigenvalue weighted by molar-refractivity contribution is -0.125. The Hall–Kier alpha value is -1.30. The molecule has 0 atom stereocenters. The Labute approximate surface area is 59.8 Å². The van der Waals surface area contributed by atoms with Gasteiger partial charge in [0.2, 0.25) is 12.3 Å². The van der Waals surface area contributed by atoms with Crippen LogP contribution in [0, 0.1) is 12.3 Å². The molecular weight excluding hydrogens is 130 g/mol. The molecule has 0 saturated heterocycles. The van der Waals surface area contributed by atoms with Crippen LogP contribution in [0.25, 0.3) is 0 Å². The van der Waals surface area contributed by atoms with Crippen molar-refractivity contribution in [2.45, 2.75) is 19.3 Å². The molecule has 10 heavy (non-hydrogen) atoms. The van der Waals surface area contributed by atoms with E-state index in [-0.39, 0.29) is 5.91 Å². The first-order valence-corrected chi connectivity index (χ1v) is 2.97. The quantitative estimate of drug-likeness (QED) is 0.340. The molecule has 0 rings (SSSR count). The summed E-state index contributed by atoms with van der Waals surface area (Å²) in [5.41, 5.74) is 0. The predicted octanol–water partition coefficient (Wildman–Crippen LogP) is 0.0625. The molecule has 3 nitrogen and oxygen atoms in total. The maximum atomic E-state index is 10.5. The highest BCUT2D eigenvalue weighted by Crippen LogP contribution is 1.91. The molecule has 0 bridgehead atoms. The SMILES string of the molecule is C#CCCCC(=O)NC=O. The van der Waals surface area contributed by atoms with Gasteiger partial charge in [0.05, 0.1) is 0 Å². The molecule has 0 fully saturated rings. The van der Waals surface area contributed by atoms with E-state index in [4.69, 9.17) is 6.42 Å². The molecule has 0 unspecified atom stereocenters. The number of carbonyl (C=O) groups is 2. The minimum Gasteiger partial charge on any atom is -0.299 e. The molecule has 0 aliphatic carbocycles. The number of nitrogens with one attached hydrogen (secondary N) is 1. The zero-order valence-electron chi connectivity index (χ0n) is 5.59. The number of amides is 2. The third kappa shape index (κ3) is 4.85. The highest BCUT2D eigenvalue weighted by molar-refractivity contribution is 5.85. The van der Waals surface area contributed by atoms with Crippen LogP contribution in [-0.2, 0) is 9.59 Å². The Bertz CT molecular complexity index is 157. The first kappa shape index (κ1) is 8.70. The fourth-order valence-corrected chi connectivity index (χ4v) is 0.489. The van der Waals surface area contributed by atoms with Gasteiger partial charge in [0.1, 0.15) is 0 Å². The Morgan fingerprint density at radius 1 is 1.70 bits per heavy atom. The number of unbranched alkanes of at least 4 members (excludes halogenated alkanes) is 1. The monoisotopic (exact) mass is 139 g/mol. The van der Waals surface area contributed by atoms with Gasteiger partial charge in [0.15, 0.2) is 0 Å². The molecule has 0 aromatic heterocycles. The van der Waals surface area contributed by atoms with Gasteiger partial charge < -0.3 is 0 Å². The Balaban J connectivity index is 3.23. The maximum absolute atomic E-state index is 10.5. The lowest BCUT2D eigenvalue weighted by atomic mass is 10.2. The van der Waals surface area contributed by atoms with E-state index in [2.05, 4.69) is 5.92 Å². The molecule has 0 spiro atoms. The summed E-state index contributed by atoms with van der Waals surface area (Å²) in [4.78, 5) is 20.2. The number of hydrogen-bond donors (Lipinski definition) is 1. The second kappa shape index (κ2) is 5.83. The van der Waals surface area contributed by atoms with Crippen LogP contribution in [0.15, 0.2) is 0 Å². The smallest absolute Gasteiger partial charge is 0.226 e. The van der Waals surface area contributed by atoms with Gasteiger partial charge >= 0.3 is 0 Å². The fourth-order valence-electron chi connectivity index (χ4n) is 0.489. The third-order valence-electron chi connectivity index (χ3n) is 0.945. The van der Waals surface area contributed by atoms with Gasteiger partial charge in [-0.25, -0.2) is 0 Å². The van der Waals surface area contributed by atoms with Crippen LogP contribution in [0.2, 0.25) is 0 Å². The molecule has 0 aromatic carbocycles. The number of imide groups is 1. The number of terminal acetylenes is 1. The minimum absolute atomic E-state index is 0.273. The molecule has 0 aliphatic heterocycles. The van der Waals surface area contributed by atoms with Crippen LogP contribution >= 0.6 is 0 Å². The van der Waals surface area contributed by atoms with E-state index >= 15 is 0 Å². The van der Waals surface area contributed by atoms with E-state index < -0.39 is 0 Å². The van der Waals surface area contributed by atoms with E-state index in [1.54, 1.807) is 0 Å². The zero-order valence-corrected chi connectivity index (χ0v) is 5.59. The van der Waals surface area contributed by atoms with Crippen molar-refractivity contribution in [2.75, 3.05) is 0 Å². The van der Waals surface area contributed by atoms with E-state index in [9.17, 15) is 9.59 Å². The summed E-state index contributed by atoms with van der Waals surface area (Å²) in [5.74, 6) is 2.12. The fraction of sp³-hybridized carbons (Fsp3) is 0.429. The molecule has 3 heteroatoms. The van der Waals surface area contributed by atoms with Crippen molar-refractivity contribution in [1.82, 2.24) is 5.32 Å². The molecule has 2 amide bonds. The van der Waals surface area contributed by atoms with Gasteiger partial charge in [-0.1, -0.05) is 0 Å². The standard InChI is InChI=1S/C7H9NO2/c1-2-3-4-5-7(10)8-6-9/h1,6H,3-5H2,(H,8,9,10). The topological polar surface area (TPSA) is 46.2 Å². The first-order valence-electron chi connectivity index (χ1n) is 2.97. The van der Waals surface area contributed by atoms with Crippen LogP contribution in [0.3, 0.4) is 0 Å². The van der Waals surface area contributed by atoms with Gasteiger partial charge in [-0.3, -0.25) is 14.9 Å². The van der Waals surface area contributed by atoms with Gasteiger partial charge in [0.25, 0.3) is 0 Å². The van der Waals surface area contributed by atoms with Crippen LogP contribution in [0.1, 0.15) is 19.3 Å². The minimum atomic E-state index is -0.273. The van der Waals surface area contributed by atoms with Crippen molar-refractivity contribution in [3.63, 3.8) is 0 Å². The van der Waals surface area contributed by atoms with Crippen LogP contribution < -0.4 is 5.32 Å².